The molecule has 0 fully saturated rings. The molecule has 0 heterocycles. The van der Waals surface area contributed by atoms with Crippen LogP contribution in [0, 0.1) is 13.8 Å². The first-order chi connectivity index (χ1) is 16.6. The van der Waals surface area contributed by atoms with E-state index in [9.17, 15) is 0 Å². The summed E-state index contributed by atoms with van der Waals surface area (Å²) in [6.07, 6.45) is 0. The molecule has 0 amide bonds. The van der Waals surface area contributed by atoms with Gasteiger partial charge >= 0.3 is 99.8 Å². The van der Waals surface area contributed by atoms with E-state index in [-0.39, 0.29) is 24.8 Å². The Kier molecular flexibility index (Phi) is 12.6. The van der Waals surface area contributed by atoms with E-state index in [1.807, 2.05) is 0 Å². The average molecular weight is 605 g/mol. The number of fused-ring (bicyclic) bond motifs is 2. The van der Waals surface area contributed by atoms with Crippen molar-refractivity contribution < 1.29 is 23.3 Å². The number of benzene rings is 4. The molecule has 0 bridgehead atoms. The first kappa shape index (κ1) is 30.0. The molecule has 0 aliphatic rings. The Morgan fingerprint density at radius 1 is 0.500 bits per heavy atom. The van der Waals surface area contributed by atoms with Crippen LogP contribution in [0.5, 0.6) is 0 Å². The Bertz CT molecular complexity index is 1300. The third kappa shape index (κ3) is 8.43. The van der Waals surface area contributed by atoms with Crippen LogP contribution in [0.4, 0.5) is 0 Å². The molecule has 6 aromatic carbocycles. The molecule has 0 saturated heterocycles. The Morgan fingerprint density at radius 3 is 1.19 bits per heavy atom. The summed E-state index contributed by atoms with van der Waals surface area (Å²) in [7, 11) is 0. The topological polar surface area (TPSA) is 0 Å². The van der Waals surface area contributed by atoms with Gasteiger partial charge < -0.3 is 0 Å². The van der Waals surface area contributed by atoms with E-state index >= 15 is 0 Å². The van der Waals surface area contributed by atoms with Gasteiger partial charge in [-0.3, -0.25) is 0 Å². The number of hydrogen-bond acceptors (Lipinski definition) is 0. The van der Waals surface area contributed by atoms with Crippen LogP contribution in [-0.4, -0.2) is 5.43 Å². The second-order valence-corrected chi connectivity index (χ2v) is 14.0. The van der Waals surface area contributed by atoms with Gasteiger partial charge in [-0.15, -0.1) is 106 Å². The van der Waals surface area contributed by atoms with E-state index in [4.69, 9.17) is 0 Å². The van der Waals surface area contributed by atoms with E-state index in [2.05, 4.69) is 147 Å². The summed E-state index contributed by atoms with van der Waals surface area (Å²) in [6.45, 7) is 4.25. The predicted octanol–water partition coefficient (Wildman–Crippen LogP) is 7.92. The van der Waals surface area contributed by atoms with Gasteiger partial charge in [0.15, 0.2) is 0 Å². The molecule has 0 spiro atoms. The van der Waals surface area contributed by atoms with Crippen LogP contribution in [-0.2, 0) is 23.3 Å². The Hall–Kier alpha value is -2.22. The molecule has 0 radical (unpaired) electrons. The van der Waals surface area contributed by atoms with Crippen LogP contribution >= 0.6 is 24.8 Å². The summed E-state index contributed by atoms with van der Waals surface area (Å²) in [6, 6.07) is 47.3. The molecule has 0 saturated carbocycles. The first-order valence-corrected chi connectivity index (χ1v) is 16.7. The Labute approximate surface area is 242 Å². The third-order valence-corrected chi connectivity index (χ3v) is 11.7. The van der Waals surface area contributed by atoms with Gasteiger partial charge in [0.2, 0.25) is 0 Å². The van der Waals surface area contributed by atoms with E-state index in [0.29, 0.717) is 0 Å². The standard InChI is InChI=1S/C12H10Si.2C10H9.2ClH.Zr/c1-3-7-11(8-4-1)13-12-9-5-2-6-10-12;2*1-8-6-9-4-2-3-5-10(9)7-8;;;/h1-10H;2*2-7H,1H3;2*1H;/q;2*-1;;;+2. The molecule has 0 aromatic heterocycles. The zero-order valence-electron chi connectivity index (χ0n) is 20.5. The molecule has 36 heavy (non-hydrogen) atoms. The zero-order chi connectivity index (χ0) is 23.8. The monoisotopic (exact) mass is 602 g/mol. The molecule has 0 unspecified atom stereocenters. The molecule has 6 rings (SSSR count). The fourth-order valence-electron chi connectivity index (χ4n) is 3.99. The molecule has 0 aliphatic carbocycles. The van der Waals surface area contributed by atoms with E-state index in [0.717, 1.165) is 0 Å². The fourth-order valence-corrected chi connectivity index (χ4v) is 7.83. The predicted molar refractivity (Wildman–Crippen MR) is 161 cm³/mol. The van der Waals surface area contributed by atoms with Crippen molar-refractivity contribution in [2.75, 3.05) is 0 Å². The van der Waals surface area contributed by atoms with Gasteiger partial charge in [0, 0.05) is 0 Å². The van der Waals surface area contributed by atoms with Gasteiger partial charge in [0.1, 0.15) is 0 Å². The summed E-state index contributed by atoms with van der Waals surface area (Å²) in [5, 5.41) is 8.42. The molecule has 0 nitrogen and oxygen atoms in total. The maximum absolute atomic E-state index is 2.25. The van der Waals surface area contributed by atoms with Crippen molar-refractivity contribution in [3.8, 4) is 0 Å². The summed E-state index contributed by atoms with van der Waals surface area (Å²) >= 11 is 1.64. The Morgan fingerprint density at radius 2 is 0.833 bits per heavy atom. The van der Waals surface area contributed by atoms with Gasteiger partial charge in [-0.25, -0.2) is 0 Å². The van der Waals surface area contributed by atoms with Crippen molar-refractivity contribution in [2.45, 2.75) is 13.8 Å². The third-order valence-electron chi connectivity index (χ3n) is 5.65. The van der Waals surface area contributed by atoms with Crippen molar-refractivity contribution in [1.29, 1.82) is 0 Å². The summed E-state index contributed by atoms with van der Waals surface area (Å²) in [5.74, 6) is 0. The van der Waals surface area contributed by atoms with Crippen molar-refractivity contribution in [3.63, 3.8) is 0 Å². The van der Waals surface area contributed by atoms with Crippen LogP contribution in [0.1, 0.15) is 11.1 Å². The molecular weight excluding hydrogens is 575 g/mol. The Balaban J connectivity index is 0.000000188. The minimum absolute atomic E-state index is 0. The van der Waals surface area contributed by atoms with Crippen LogP contribution in [0.3, 0.4) is 0 Å². The molecular formula is C32H30Cl2SiZr. The van der Waals surface area contributed by atoms with Gasteiger partial charge in [-0.05, 0) is 0 Å². The van der Waals surface area contributed by atoms with E-state index in [1.54, 1.807) is 23.3 Å². The molecule has 0 atom stereocenters. The molecule has 4 heteroatoms. The number of aryl methyl sites for hydroxylation is 2. The maximum atomic E-state index is 2.25. The summed E-state index contributed by atoms with van der Waals surface area (Å²) < 4.78 is 0. The molecule has 0 aliphatic heterocycles. The second kappa shape index (κ2) is 15.1. The van der Waals surface area contributed by atoms with Gasteiger partial charge in [0.05, 0.1) is 0 Å². The zero-order valence-corrected chi connectivity index (χ0v) is 25.6. The van der Waals surface area contributed by atoms with Crippen LogP contribution < -0.4 is 10.4 Å². The van der Waals surface area contributed by atoms with Crippen LogP contribution in [0.25, 0.3) is 21.5 Å². The van der Waals surface area contributed by atoms with E-state index in [1.165, 1.54) is 43.0 Å². The van der Waals surface area contributed by atoms with Crippen LogP contribution in [0.15, 0.2) is 133 Å². The van der Waals surface area contributed by atoms with Crippen molar-refractivity contribution in [2.24, 2.45) is 0 Å². The van der Waals surface area contributed by atoms with Crippen LogP contribution in [0.2, 0.25) is 0 Å². The van der Waals surface area contributed by atoms with Gasteiger partial charge in [0.25, 0.3) is 0 Å². The van der Waals surface area contributed by atoms with Crippen molar-refractivity contribution in [3.05, 3.63) is 145 Å². The number of halogens is 2. The summed E-state index contributed by atoms with van der Waals surface area (Å²) in [4.78, 5) is 0. The average Bonchev–Trinajstić information content (AvgIpc) is 3.46. The summed E-state index contributed by atoms with van der Waals surface area (Å²) in [5.41, 5.74) is 2.24. The van der Waals surface area contributed by atoms with Crippen molar-refractivity contribution >= 4 is 62.2 Å². The SMILES string of the molecule is Cc1cc2ccccc2[cH-]1.Cc1cc2ccccc2[cH-]1.Cl.Cl.[Zr+2]=[Si](c1ccccc1)c1ccccc1. The second-order valence-electron chi connectivity index (χ2n) is 8.43. The molecule has 6 aromatic rings. The quantitative estimate of drug-likeness (QED) is 0.139. The fraction of sp³-hybridized carbons (Fsp3) is 0.0625. The van der Waals surface area contributed by atoms with Gasteiger partial charge in [-0.2, -0.15) is 12.1 Å². The van der Waals surface area contributed by atoms with Gasteiger partial charge in [-0.1, -0.05) is 26.0 Å². The minimum atomic E-state index is -0.455. The number of hydrogen-bond donors (Lipinski definition) is 0. The van der Waals surface area contributed by atoms with E-state index < -0.39 is 5.43 Å². The molecule has 0 N–H and O–H groups in total. The normalized spacial score (nSPS) is 9.67. The number of rotatable bonds is 2. The molecule has 180 valence electrons. The van der Waals surface area contributed by atoms with Crippen molar-refractivity contribution in [1.82, 2.24) is 0 Å². The first-order valence-electron chi connectivity index (χ1n) is 11.5.